The normalized spacial score (nSPS) is 12.2. The van der Waals surface area contributed by atoms with Gasteiger partial charge >= 0.3 is 6.09 Å². The number of nitrogen functional groups attached to an aromatic ring is 1. The number of imidazole rings is 1. The van der Waals surface area contributed by atoms with Gasteiger partial charge in [0.1, 0.15) is 5.60 Å². The summed E-state index contributed by atoms with van der Waals surface area (Å²) in [6.07, 6.45) is 4.52. The van der Waals surface area contributed by atoms with E-state index >= 15 is 0 Å². The van der Waals surface area contributed by atoms with Crippen LogP contribution in [0.2, 0.25) is 0 Å². The fraction of sp³-hybridized carbons (Fsp3) is 0.294. The molecule has 0 aliphatic carbocycles. The number of aromatic nitrogens is 4. The summed E-state index contributed by atoms with van der Waals surface area (Å²) >= 11 is 0. The predicted octanol–water partition coefficient (Wildman–Crippen LogP) is 2.79. The van der Waals surface area contributed by atoms with Gasteiger partial charge in [0.2, 0.25) is 5.95 Å². The van der Waals surface area contributed by atoms with Gasteiger partial charge in [-0.3, -0.25) is 0 Å². The van der Waals surface area contributed by atoms with Gasteiger partial charge in [0.05, 0.1) is 29.8 Å². The molecule has 3 aromatic rings. The fourth-order valence-electron chi connectivity index (χ4n) is 2.31. The Balaban J connectivity index is 1.87. The number of benzene rings is 1. The standard InChI is InChI=1S/C17H20N6O2/c1-11-10-22(15(18)21-11)19-8-12-5-6-14-13(7-12)9-20-23(14)16(24)25-17(2,3)4/h5-10H,1-4H3,(H2,18,21). The summed E-state index contributed by atoms with van der Waals surface area (Å²) in [5.41, 5.74) is 7.49. The van der Waals surface area contributed by atoms with E-state index in [4.69, 9.17) is 10.5 Å². The minimum absolute atomic E-state index is 0.326. The molecule has 2 aromatic heterocycles. The number of rotatable bonds is 2. The molecular formula is C17H20N6O2. The molecule has 2 N–H and O–H groups in total. The third-order valence-electron chi connectivity index (χ3n) is 3.32. The monoisotopic (exact) mass is 340 g/mol. The first-order valence-corrected chi connectivity index (χ1v) is 7.80. The molecule has 0 spiro atoms. The maximum absolute atomic E-state index is 12.2. The molecule has 0 saturated carbocycles. The topological polar surface area (TPSA) is 100 Å². The third kappa shape index (κ3) is 3.68. The van der Waals surface area contributed by atoms with E-state index in [-0.39, 0.29) is 0 Å². The van der Waals surface area contributed by atoms with Crippen molar-refractivity contribution in [3.63, 3.8) is 0 Å². The summed E-state index contributed by atoms with van der Waals surface area (Å²) in [4.78, 5) is 16.3. The zero-order valence-corrected chi connectivity index (χ0v) is 14.6. The van der Waals surface area contributed by atoms with Gasteiger partial charge in [-0.15, -0.1) is 0 Å². The van der Waals surface area contributed by atoms with E-state index in [2.05, 4.69) is 15.2 Å². The molecule has 0 saturated heterocycles. The lowest BCUT2D eigenvalue weighted by molar-refractivity contribution is 0.0523. The average Bonchev–Trinajstić information content (AvgIpc) is 3.05. The first-order valence-electron chi connectivity index (χ1n) is 7.80. The van der Waals surface area contributed by atoms with Crippen LogP contribution >= 0.6 is 0 Å². The highest BCUT2D eigenvalue weighted by atomic mass is 16.6. The van der Waals surface area contributed by atoms with Crippen molar-refractivity contribution in [2.24, 2.45) is 5.10 Å². The molecule has 8 heteroatoms. The SMILES string of the molecule is Cc1cn(N=Cc2ccc3c(cnn3C(=O)OC(C)(C)C)c2)c(N)n1. The number of hydrogen-bond donors (Lipinski definition) is 1. The maximum Gasteiger partial charge on any atom is 0.435 e. The minimum atomic E-state index is -0.579. The Labute approximate surface area is 144 Å². The highest BCUT2D eigenvalue weighted by molar-refractivity contribution is 5.92. The van der Waals surface area contributed by atoms with Crippen molar-refractivity contribution in [2.45, 2.75) is 33.3 Å². The minimum Gasteiger partial charge on any atom is -0.442 e. The molecule has 0 aliphatic heterocycles. The molecule has 0 unspecified atom stereocenters. The van der Waals surface area contributed by atoms with Crippen LogP contribution in [-0.2, 0) is 4.74 Å². The molecule has 0 aliphatic rings. The van der Waals surface area contributed by atoms with E-state index in [1.54, 1.807) is 24.7 Å². The fourth-order valence-corrected chi connectivity index (χ4v) is 2.31. The number of carbonyl (C=O) groups excluding carboxylic acids is 1. The molecule has 0 bridgehead atoms. The zero-order chi connectivity index (χ0) is 18.2. The predicted molar refractivity (Wildman–Crippen MR) is 95.7 cm³/mol. The van der Waals surface area contributed by atoms with Crippen LogP contribution in [0.4, 0.5) is 10.7 Å². The van der Waals surface area contributed by atoms with Crippen molar-refractivity contribution in [1.82, 2.24) is 19.4 Å². The number of fused-ring (bicyclic) bond motifs is 1. The van der Waals surface area contributed by atoms with Crippen LogP contribution in [0, 0.1) is 6.92 Å². The molecule has 3 rings (SSSR count). The molecule has 25 heavy (non-hydrogen) atoms. The number of anilines is 1. The van der Waals surface area contributed by atoms with Gasteiger partial charge in [-0.05, 0) is 45.4 Å². The van der Waals surface area contributed by atoms with E-state index in [1.165, 1.54) is 9.36 Å². The van der Waals surface area contributed by atoms with E-state index in [9.17, 15) is 4.79 Å². The molecule has 1 aromatic carbocycles. The second-order valence-electron chi connectivity index (χ2n) is 6.68. The molecule has 0 radical (unpaired) electrons. The first kappa shape index (κ1) is 16.7. The smallest absolute Gasteiger partial charge is 0.435 e. The van der Waals surface area contributed by atoms with Crippen LogP contribution in [0.3, 0.4) is 0 Å². The van der Waals surface area contributed by atoms with E-state index in [0.717, 1.165) is 16.6 Å². The van der Waals surface area contributed by atoms with Crippen molar-refractivity contribution < 1.29 is 9.53 Å². The van der Waals surface area contributed by atoms with Crippen molar-refractivity contribution in [3.05, 3.63) is 41.9 Å². The van der Waals surface area contributed by atoms with Crippen LogP contribution in [0.1, 0.15) is 32.0 Å². The van der Waals surface area contributed by atoms with Gasteiger partial charge in [0.25, 0.3) is 0 Å². The summed E-state index contributed by atoms with van der Waals surface area (Å²) in [7, 11) is 0. The highest BCUT2D eigenvalue weighted by Crippen LogP contribution is 2.17. The second-order valence-corrected chi connectivity index (χ2v) is 6.68. The Morgan fingerprint density at radius 2 is 2.12 bits per heavy atom. The van der Waals surface area contributed by atoms with Gasteiger partial charge in [-0.25, -0.2) is 14.5 Å². The van der Waals surface area contributed by atoms with Crippen molar-refractivity contribution >= 4 is 29.2 Å². The van der Waals surface area contributed by atoms with Gasteiger partial charge < -0.3 is 10.5 Å². The quantitative estimate of drug-likeness (QED) is 0.723. The Morgan fingerprint density at radius 3 is 2.76 bits per heavy atom. The lowest BCUT2D eigenvalue weighted by atomic mass is 10.2. The van der Waals surface area contributed by atoms with Crippen LogP contribution in [0.15, 0.2) is 35.7 Å². The lowest BCUT2D eigenvalue weighted by Gasteiger charge is -2.19. The molecule has 2 heterocycles. The maximum atomic E-state index is 12.2. The molecule has 130 valence electrons. The van der Waals surface area contributed by atoms with E-state index < -0.39 is 11.7 Å². The van der Waals surface area contributed by atoms with E-state index in [1.807, 2.05) is 39.8 Å². The largest absolute Gasteiger partial charge is 0.442 e. The summed E-state index contributed by atoms with van der Waals surface area (Å²) in [5, 5.41) is 9.21. The molecule has 0 atom stereocenters. The number of nitrogens with two attached hydrogens (primary N) is 1. The molecule has 0 fully saturated rings. The Morgan fingerprint density at radius 1 is 1.36 bits per heavy atom. The molecule has 0 amide bonds. The Hall–Kier alpha value is -3.16. The highest BCUT2D eigenvalue weighted by Gasteiger charge is 2.19. The van der Waals surface area contributed by atoms with Crippen molar-refractivity contribution in [2.75, 3.05) is 5.73 Å². The number of ether oxygens (including phenoxy) is 1. The van der Waals surface area contributed by atoms with Gasteiger partial charge in [-0.1, -0.05) is 6.07 Å². The number of nitrogens with zero attached hydrogens (tertiary/aromatic N) is 5. The van der Waals surface area contributed by atoms with Crippen LogP contribution < -0.4 is 5.73 Å². The van der Waals surface area contributed by atoms with Crippen molar-refractivity contribution in [3.8, 4) is 0 Å². The third-order valence-corrected chi connectivity index (χ3v) is 3.32. The van der Waals surface area contributed by atoms with Crippen LogP contribution in [0.5, 0.6) is 0 Å². The average molecular weight is 340 g/mol. The molecular weight excluding hydrogens is 320 g/mol. The van der Waals surface area contributed by atoms with Crippen LogP contribution in [-0.4, -0.2) is 37.3 Å². The number of hydrogen-bond acceptors (Lipinski definition) is 6. The summed E-state index contributed by atoms with van der Waals surface area (Å²) in [6.45, 7) is 7.29. The molecule has 8 nitrogen and oxygen atoms in total. The summed E-state index contributed by atoms with van der Waals surface area (Å²) < 4.78 is 8.10. The van der Waals surface area contributed by atoms with Crippen molar-refractivity contribution in [1.29, 1.82) is 0 Å². The Bertz CT molecular complexity index is 961. The van der Waals surface area contributed by atoms with Gasteiger partial charge in [0.15, 0.2) is 0 Å². The summed E-state index contributed by atoms with van der Waals surface area (Å²) in [5.74, 6) is 0.326. The Kier molecular flexibility index (Phi) is 4.03. The number of aryl methyl sites for hydroxylation is 1. The second kappa shape index (κ2) is 6.04. The zero-order valence-electron chi connectivity index (χ0n) is 14.6. The number of carbonyl (C=O) groups is 1. The lowest BCUT2D eigenvalue weighted by Crippen LogP contribution is -2.27. The first-order chi connectivity index (χ1) is 11.7. The van der Waals surface area contributed by atoms with Gasteiger partial charge in [-0.2, -0.15) is 14.9 Å². The summed E-state index contributed by atoms with van der Waals surface area (Å²) in [6, 6.07) is 5.52. The van der Waals surface area contributed by atoms with E-state index in [0.29, 0.717) is 11.5 Å². The van der Waals surface area contributed by atoms with Crippen LogP contribution in [0.25, 0.3) is 10.9 Å². The van der Waals surface area contributed by atoms with Gasteiger partial charge in [0, 0.05) is 5.39 Å².